The number of nitrogens with one attached hydrogen (secondary N) is 1. The molecule has 0 fully saturated rings. The molecule has 0 unspecified atom stereocenters. The number of hydrogen-bond donors (Lipinski definition) is 2. The monoisotopic (exact) mass is 388 g/mol. The van der Waals surface area contributed by atoms with Crippen molar-refractivity contribution in [3.8, 4) is 0 Å². The second-order valence-electron chi connectivity index (χ2n) is 5.56. The van der Waals surface area contributed by atoms with Crippen LogP contribution in [0.25, 0.3) is 0 Å². The predicted octanol–water partition coefficient (Wildman–Crippen LogP) is 2.78. The third kappa shape index (κ3) is 6.23. The van der Waals surface area contributed by atoms with Gasteiger partial charge in [-0.25, -0.2) is 4.79 Å². The van der Waals surface area contributed by atoms with Crippen LogP contribution in [0.1, 0.15) is 34.9 Å². The lowest BCUT2D eigenvalue weighted by Crippen LogP contribution is -2.39. The molecule has 2 aromatic carbocycles. The zero-order valence-corrected chi connectivity index (χ0v) is 14.9. The second kappa shape index (κ2) is 9.49. The number of nitrogens with two attached hydrogens (primary N) is 1. The maximum atomic E-state index is 12.1. The highest BCUT2D eigenvalue weighted by Gasteiger charge is 2.26. The molecule has 140 valence electrons. The fraction of sp³-hybridized carbons (Fsp3) is 0.158. The smallest absolute Gasteiger partial charge is 0.318 e. The molecule has 0 saturated heterocycles. The van der Waals surface area contributed by atoms with Crippen molar-refractivity contribution in [1.29, 1.82) is 0 Å². The van der Waals surface area contributed by atoms with Crippen LogP contribution in [0.15, 0.2) is 54.6 Å². The molecule has 2 aromatic rings. The Morgan fingerprint density at radius 3 is 2.19 bits per heavy atom. The quantitative estimate of drug-likeness (QED) is 0.559. The predicted molar refractivity (Wildman–Crippen MR) is 98.0 cm³/mol. The lowest BCUT2D eigenvalue weighted by molar-refractivity contribution is -0.156. The van der Waals surface area contributed by atoms with Crippen LogP contribution < -0.4 is 11.1 Å². The van der Waals surface area contributed by atoms with E-state index in [4.69, 9.17) is 22.1 Å². The van der Waals surface area contributed by atoms with Gasteiger partial charge in [-0.15, -0.1) is 0 Å². The summed E-state index contributed by atoms with van der Waals surface area (Å²) in [5.41, 5.74) is 5.73. The lowest BCUT2D eigenvalue weighted by atomic mass is 10.1. The maximum Gasteiger partial charge on any atom is 0.318 e. The summed E-state index contributed by atoms with van der Waals surface area (Å²) in [5.74, 6) is -1.89. The molecule has 0 aliphatic heterocycles. The van der Waals surface area contributed by atoms with Crippen molar-refractivity contribution in [1.82, 2.24) is 5.32 Å². The molecule has 7 nitrogen and oxygen atoms in total. The second-order valence-corrected chi connectivity index (χ2v) is 6.00. The zero-order chi connectivity index (χ0) is 19.8. The van der Waals surface area contributed by atoms with E-state index >= 15 is 0 Å². The van der Waals surface area contributed by atoms with Gasteiger partial charge in [0.15, 0.2) is 5.78 Å². The summed E-state index contributed by atoms with van der Waals surface area (Å²) >= 11 is 5.77. The first-order chi connectivity index (χ1) is 12.9. The number of carbonyl (C=O) groups excluding carboxylic acids is 4. The number of hydrogen-bond acceptors (Lipinski definition) is 5. The molecule has 8 heteroatoms. The van der Waals surface area contributed by atoms with Crippen LogP contribution in [0.2, 0.25) is 5.02 Å². The number of ether oxygens (including phenoxy) is 1. The van der Waals surface area contributed by atoms with E-state index in [0.29, 0.717) is 16.1 Å². The number of Topliss-reactive ketones (excluding diaryl/α,β-unsaturated/α-hetero) is 1. The van der Waals surface area contributed by atoms with Crippen LogP contribution in [0, 0.1) is 0 Å². The largest absolute Gasteiger partial charge is 0.447 e. The van der Waals surface area contributed by atoms with Crippen LogP contribution in [0.4, 0.5) is 4.79 Å². The van der Waals surface area contributed by atoms with Gasteiger partial charge in [0.2, 0.25) is 6.10 Å². The number of primary amides is 1. The van der Waals surface area contributed by atoms with E-state index in [0.717, 1.165) is 0 Å². The van der Waals surface area contributed by atoms with E-state index in [1.54, 1.807) is 54.6 Å². The van der Waals surface area contributed by atoms with Gasteiger partial charge >= 0.3 is 12.0 Å². The average Bonchev–Trinajstić information content (AvgIpc) is 2.64. The van der Waals surface area contributed by atoms with E-state index < -0.39 is 24.0 Å². The third-order valence-corrected chi connectivity index (χ3v) is 3.81. The fourth-order valence-corrected chi connectivity index (χ4v) is 2.40. The Morgan fingerprint density at radius 2 is 1.59 bits per heavy atom. The Morgan fingerprint density at radius 1 is 0.963 bits per heavy atom. The van der Waals surface area contributed by atoms with Crippen molar-refractivity contribution in [3.05, 3.63) is 70.7 Å². The Hall–Kier alpha value is -3.19. The first kappa shape index (κ1) is 20.1. The average molecular weight is 389 g/mol. The van der Waals surface area contributed by atoms with Gasteiger partial charge < -0.3 is 10.5 Å². The summed E-state index contributed by atoms with van der Waals surface area (Å²) in [7, 11) is 0. The summed E-state index contributed by atoms with van der Waals surface area (Å²) in [6, 6.07) is 13.4. The molecule has 0 aliphatic carbocycles. The van der Waals surface area contributed by atoms with E-state index in [-0.39, 0.29) is 18.6 Å². The molecule has 0 spiro atoms. The van der Waals surface area contributed by atoms with E-state index in [9.17, 15) is 19.2 Å². The number of urea groups is 1. The van der Waals surface area contributed by atoms with Crippen molar-refractivity contribution >= 4 is 35.3 Å². The van der Waals surface area contributed by atoms with Gasteiger partial charge in [-0.05, 0) is 24.3 Å². The standard InChI is InChI=1S/C19H17ClN2O5/c20-14-8-6-12(7-9-14)15(23)10-11-16(24)27-17(18(25)22-19(21)26)13-4-2-1-3-5-13/h1-9,17H,10-11H2,(H3,21,22,25,26)/t17-/m0/s1. The molecule has 0 bridgehead atoms. The van der Waals surface area contributed by atoms with Gasteiger partial charge in [-0.1, -0.05) is 41.9 Å². The summed E-state index contributed by atoms with van der Waals surface area (Å²) in [5, 5.41) is 2.38. The van der Waals surface area contributed by atoms with Gasteiger partial charge in [-0.3, -0.25) is 19.7 Å². The Balaban J connectivity index is 2.00. The minimum absolute atomic E-state index is 0.0978. The molecule has 2 rings (SSSR count). The summed E-state index contributed by atoms with van der Waals surface area (Å²) in [4.78, 5) is 47.3. The van der Waals surface area contributed by atoms with Gasteiger partial charge in [0.25, 0.3) is 5.91 Å². The molecular formula is C19H17ClN2O5. The van der Waals surface area contributed by atoms with Crippen molar-refractivity contribution in [2.75, 3.05) is 0 Å². The van der Waals surface area contributed by atoms with Crippen molar-refractivity contribution in [2.45, 2.75) is 18.9 Å². The number of imide groups is 1. The van der Waals surface area contributed by atoms with E-state index in [2.05, 4.69) is 0 Å². The van der Waals surface area contributed by atoms with Gasteiger partial charge in [-0.2, -0.15) is 0 Å². The molecule has 27 heavy (non-hydrogen) atoms. The Bertz CT molecular complexity index is 837. The SMILES string of the molecule is NC(=O)NC(=O)[C@@H](OC(=O)CCC(=O)c1ccc(Cl)cc1)c1ccccc1. The van der Waals surface area contributed by atoms with Gasteiger partial charge in [0, 0.05) is 22.6 Å². The molecule has 0 saturated carbocycles. The highest BCUT2D eigenvalue weighted by molar-refractivity contribution is 6.30. The summed E-state index contributed by atoms with van der Waals surface area (Å²) in [6.45, 7) is 0. The van der Waals surface area contributed by atoms with E-state index in [1.165, 1.54) is 0 Å². The van der Waals surface area contributed by atoms with Crippen LogP contribution in [-0.2, 0) is 14.3 Å². The molecule has 0 aliphatic rings. The topological polar surface area (TPSA) is 116 Å². The van der Waals surface area contributed by atoms with Crippen LogP contribution >= 0.6 is 11.6 Å². The highest BCUT2D eigenvalue weighted by Crippen LogP contribution is 2.19. The lowest BCUT2D eigenvalue weighted by Gasteiger charge is -2.17. The third-order valence-electron chi connectivity index (χ3n) is 3.56. The number of halogens is 1. The minimum Gasteiger partial charge on any atom is -0.447 e. The first-order valence-corrected chi connectivity index (χ1v) is 8.38. The first-order valence-electron chi connectivity index (χ1n) is 8.00. The van der Waals surface area contributed by atoms with Crippen LogP contribution in [-0.4, -0.2) is 23.7 Å². The number of benzene rings is 2. The van der Waals surface area contributed by atoms with Gasteiger partial charge in [0.1, 0.15) is 0 Å². The van der Waals surface area contributed by atoms with Crippen molar-refractivity contribution in [2.24, 2.45) is 5.73 Å². The minimum atomic E-state index is -1.35. The van der Waals surface area contributed by atoms with Crippen LogP contribution in [0.3, 0.4) is 0 Å². The molecule has 1 atom stereocenters. The number of esters is 1. The normalized spacial score (nSPS) is 11.3. The Labute approximate surface area is 160 Å². The highest BCUT2D eigenvalue weighted by atomic mass is 35.5. The maximum absolute atomic E-state index is 12.1. The number of amides is 3. The van der Waals surface area contributed by atoms with Gasteiger partial charge in [0.05, 0.1) is 6.42 Å². The van der Waals surface area contributed by atoms with Crippen molar-refractivity contribution in [3.63, 3.8) is 0 Å². The van der Waals surface area contributed by atoms with Crippen molar-refractivity contribution < 1.29 is 23.9 Å². The number of rotatable bonds is 7. The molecule has 3 N–H and O–H groups in total. The molecule has 0 heterocycles. The number of ketones is 1. The summed E-state index contributed by atoms with van der Waals surface area (Å²) < 4.78 is 5.17. The molecule has 0 radical (unpaired) electrons. The molecular weight excluding hydrogens is 372 g/mol. The van der Waals surface area contributed by atoms with E-state index in [1.807, 2.05) is 5.32 Å². The van der Waals surface area contributed by atoms with Crippen LogP contribution in [0.5, 0.6) is 0 Å². The Kier molecular flexibility index (Phi) is 7.08. The molecule has 0 aromatic heterocycles. The number of carbonyl (C=O) groups is 4. The fourth-order valence-electron chi connectivity index (χ4n) is 2.27. The summed E-state index contributed by atoms with van der Waals surface area (Å²) in [6.07, 6.45) is -1.68. The molecule has 3 amide bonds. The zero-order valence-electron chi connectivity index (χ0n) is 14.2.